The summed E-state index contributed by atoms with van der Waals surface area (Å²) in [6, 6.07) is -2.37. The van der Waals surface area contributed by atoms with Crippen LogP contribution in [0.2, 0.25) is 0 Å². The first-order valence-electron chi connectivity index (χ1n) is 13.8. The number of ether oxygens (including phenoxy) is 2. The van der Waals surface area contributed by atoms with E-state index in [1.807, 2.05) is 6.08 Å². The van der Waals surface area contributed by atoms with Gasteiger partial charge in [-0.15, -0.1) is 0 Å². The number of aliphatic hydroxyl groups is 1. The van der Waals surface area contributed by atoms with Crippen molar-refractivity contribution >= 4 is 33.8 Å². The number of sulfonamides is 1. The lowest BCUT2D eigenvalue weighted by molar-refractivity contribution is -0.143. The van der Waals surface area contributed by atoms with Gasteiger partial charge in [-0.3, -0.25) is 19.1 Å². The van der Waals surface area contributed by atoms with Crippen molar-refractivity contribution in [1.82, 2.24) is 20.3 Å². The lowest BCUT2D eigenvalue weighted by atomic mass is 10.1. The maximum Gasteiger partial charge on any atom is 0.408 e. The van der Waals surface area contributed by atoms with Crippen molar-refractivity contribution in [2.24, 2.45) is 5.92 Å². The zero-order valence-corrected chi connectivity index (χ0v) is 24.2. The van der Waals surface area contributed by atoms with Gasteiger partial charge in [0.2, 0.25) is 21.8 Å². The first-order valence-corrected chi connectivity index (χ1v) is 15.3. The fourth-order valence-electron chi connectivity index (χ4n) is 5.09. The average molecular weight is 585 g/mol. The molecule has 0 spiro atoms. The Balaban J connectivity index is 1.60. The van der Waals surface area contributed by atoms with Crippen LogP contribution < -0.4 is 15.4 Å². The first-order chi connectivity index (χ1) is 18.6. The van der Waals surface area contributed by atoms with Gasteiger partial charge in [-0.25, -0.2) is 13.2 Å². The highest BCUT2D eigenvalue weighted by Gasteiger charge is 2.62. The molecule has 14 heteroatoms. The number of fused-ring (bicyclic) bond motifs is 2. The molecule has 6 atom stereocenters. The molecule has 0 aromatic carbocycles. The zero-order valence-electron chi connectivity index (χ0n) is 23.3. The van der Waals surface area contributed by atoms with E-state index in [0.717, 1.165) is 0 Å². The largest absolute Gasteiger partial charge is 0.444 e. The summed E-state index contributed by atoms with van der Waals surface area (Å²) in [5, 5.41) is 15.1. The van der Waals surface area contributed by atoms with E-state index < -0.39 is 80.4 Å². The number of rotatable bonds is 4. The van der Waals surface area contributed by atoms with Crippen molar-refractivity contribution in [3.05, 3.63) is 12.2 Å². The van der Waals surface area contributed by atoms with E-state index in [0.29, 0.717) is 25.7 Å². The van der Waals surface area contributed by atoms with Crippen molar-refractivity contribution in [3.63, 3.8) is 0 Å². The van der Waals surface area contributed by atoms with Gasteiger partial charge >= 0.3 is 6.09 Å². The summed E-state index contributed by atoms with van der Waals surface area (Å²) in [5.74, 6) is -2.60. The van der Waals surface area contributed by atoms with E-state index in [2.05, 4.69) is 15.4 Å². The Labute approximate surface area is 234 Å². The molecule has 4 aliphatic rings. The summed E-state index contributed by atoms with van der Waals surface area (Å²) in [7, 11) is -3.85. The predicted octanol–water partition coefficient (Wildman–Crippen LogP) is 0.0799. The average Bonchev–Trinajstić information content (AvgIpc) is 3.75. The lowest BCUT2D eigenvalue weighted by Crippen LogP contribution is -2.60. The van der Waals surface area contributed by atoms with Gasteiger partial charge < -0.3 is 30.1 Å². The second kappa shape index (κ2) is 11.3. The molecule has 0 bridgehead atoms. The van der Waals surface area contributed by atoms with Gasteiger partial charge in [0.1, 0.15) is 23.2 Å². The minimum absolute atomic E-state index is 0.0927. The van der Waals surface area contributed by atoms with Crippen LogP contribution in [-0.4, -0.2) is 96.1 Å². The third-order valence-electron chi connectivity index (χ3n) is 7.50. The molecule has 4 rings (SSSR count). The Hall–Kier alpha value is -2.71. The molecule has 40 heavy (non-hydrogen) atoms. The number of carbonyl (C=O) groups is 4. The number of hydrogen-bond donors (Lipinski definition) is 4. The number of alkyl carbamates (subject to hydrolysis) is 1. The summed E-state index contributed by atoms with van der Waals surface area (Å²) >= 11 is 0. The molecule has 0 aromatic heterocycles. The molecule has 2 heterocycles. The van der Waals surface area contributed by atoms with Crippen LogP contribution in [0.15, 0.2) is 12.2 Å². The van der Waals surface area contributed by atoms with Crippen LogP contribution in [0.3, 0.4) is 0 Å². The van der Waals surface area contributed by atoms with E-state index in [1.54, 1.807) is 33.8 Å². The molecule has 0 radical (unpaired) electrons. The number of allylic oxidation sites excluding steroid dienone is 1. The van der Waals surface area contributed by atoms with Crippen molar-refractivity contribution in [2.75, 3.05) is 13.2 Å². The van der Waals surface area contributed by atoms with Gasteiger partial charge in [-0.05, 0) is 59.8 Å². The maximum absolute atomic E-state index is 13.8. The number of amides is 4. The van der Waals surface area contributed by atoms with E-state index in [-0.39, 0.29) is 26.0 Å². The Morgan fingerprint density at radius 1 is 1.25 bits per heavy atom. The van der Waals surface area contributed by atoms with Crippen molar-refractivity contribution in [1.29, 1.82) is 0 Å². The predicted molar refractivity (Wildman–Crippen MR) is 142 cm³/mol. The van der Waals surface area contributed by atoms with E-state index >= 15 is 0 Å². The van der Waals surface area contributed by atoms with Gasteiger partial charge in [0, 0.05) is 25.5 Å². The van der Waals surface area contributed by atoms with Crippen molar-refractivity contribution < 1.29 is 42.2 Å². The number of carbonyl (C=O) groups excluding carboxylic acids is 4. The highest BCUT2D eigenvalue weighted by molar-refractivity contribution is 7.91. The second-order valence-electron chi connectivity index (χ2n) is 12.1. The van der Waals surface area contributed by atoms with E-state index in [9.17, 15) is 32.7 Å². The standard InChI is InChI=1S/C26H40N4O9S/c1-15-20(27-24(35)39-25(2,3)4)22(33)30-14-17(31)12-19(30)21(32)28-26(13-16(26)8-6-5-7-11-38-15)23(34)29-40(36,37)18-9-10-18/h6,8,15-20,31H,5,7,9-14H2,1-4H3,(H,27,35)(H,28,32)(H,29,34)/t15-,16-,17-,19+,20+,26-/m1/s1. The van der Waals surface area contributed by atoms with Crippen LogP contribution in [0.1, 0.15) is 66.2 Å². The van der Waals surface area contributed by atoms with Crippen LogP contribution in [-0.2, 0) is 33.9 Å². The zero-order chi connectivity index (χ0) is 29.5. The van der Waals surface area contributed by atoms with Crippen LogP contribution >= 0.6 is 0 Å². The molecule has 0 aromatic rings. The minimum atomic E-state index is -3.85. The fraction of sp³-hybridized carbons (Fsp3) is 0.769. The summed E-state index contributed by atoms with van der Waals surface area (Å²) in [6.07, 6.45) is 3.20. The molecule has 4 amide bonds. The number of aliphatic hydroxyl groups excluding tert-OH is 1. The van der Waals surface area contributed by atoms with E-state index in [4.69, 9.17) is 9.47 Å². The van der Waals surface area contributed by atoms with E-state index in [1.165, 1.54) is 4.90 Å². The third-order valence-corrected chi connectivity index (χ3v) is 9.32. The minimum Gasteiger partial charge on any atom is -0.444 e. The highest BCUT2D eigenvalue weighted by Crippen LogP contribution is 2.46. The van der Waals surface area contributed by atoms with Gasteiger partial charge in [-0.1, -0.05) is 12.2 Å². The summed E-state index contributed by atoms with van der Waals surface area (Å²) < 4.78 is 38.3. The van der Waals surface area contributed by atoms with Crippen LogP contribution in [0.5, 0.6) is 0 Å². The van der Waals surface area contributed by atoms with Gasteiger partial charge in [0.25, 0.3) is 5.91 Å². The molecular weight excluding hydrogens is 544 g/mol. The molecule has 2 aliphatic heterocycles. The maximum atomic E-state index is 13.8. The fourth-order valence-corrected chi connectivity index (χ4v) is 6.46. The van der Waals surface area contributed by atoms with Gasteiger partial charge in [0.05, 0.1) is 17.5 Å². The normalized spacial score (nSPS) is 33.5. The Bertz CT molecular complexity index is 1160. The van der Waals surface area contributed by atoms with Gasteiger partial charge in [0.15, 0.2) is 0 Å². The van der Waals surface area contributed by atoms with Crippen molar-refractivity contribution in [2.45, 2.75) is 107 Å². The third kappa shape index (κ3) is 6.95. The number of nitrogens with one attached hydrogen (secondary N) is 3. The SMILES string of the molecule is C[C@H]1OCCCC=C[C@@H]2C[C@@]2(C(=O)NS(=O)(=O)C2CC2)NC(=O)[C@@H]2C[C@@H](O)CN2C(=O)[C@H]1NC(=O)OC(C)(C)C. The Morgan fingerprint density at radius 2 is 1.95 bits per heavy atom. The molecule has 3 fully saturated rings. The molecule has 4 N–H and O–H groups in total. The quantitative estimate of drug-likeness (QED) is 0.333. The van der Waals surface area contributed by atoms with Crippen LogP contribution in [0.4, 0.5) is 4.79 Å². The molecule has 13 nitrogen and oxygen atoms in total. The van der Waals surface area contributed by atoms with Crippen LogP contribution in [0.25, 0.3) is 0 Å². The molecule has 1 saturated heterocycles. The van der Waals surface area contributed by atoms with Crippen LogP contribution in [0, 0.1) is 5.92 Å². The smallest absolute Gasteiger partial charge is 0.408 e. The number of hydrogen-bond acceptors (Lipinski definition) is 9. The molecule has 2 saturated carbocycles. The first kappa shape index (κ1) is 30.3. The van der Waals surface area contributed by atoms with Crippen molar-refractivity contribution in [3.8, 4) is 0 Å². The topological polar surface area (TPSA) is 180 Å². The highest BCUT2D eigenvalue weighted by atomic mass is 32.2. The lowest BCUT2D eigenvalue weighted by Gasteiger charge is -2.32. The summed E-state index contributed by atoms with van der Waals surface area (Å²) in [5.41, 5.74) is -2.31. The molecule has 224 valence electrons. The summed E-state index contributed by atoms with van der Waals surface area (Å²) in [6.45, 7) is 6.77. The summed E-state index contributed by atoms with van der Waals surface area (Å²) in [4.78, 5) is 54.3. The monoisotopic (exact) mass is 584 g/mol. The molecule has 0 unspecified atom stereocenters. The Morgan fingerprint density at radius 3 is 2.60 bits per heavy atom. The molecular formula is C26H40N4O9S. The van der Waals surface area contributed by atoms with Gasteiger partial charge in [-0.2, -0.15) is 0 Å². The molecule has 2 aliphatic carbocycles. The number of nitrogens with zero attached hydrogens (tertiary/aromatic N) is 1. The Kier molecular flexibility index (Phi) is 8.53. The second-order valence-corrected chi connectivity index (χ2v) is 14.1.